The summed E-state index contributed by atoms with van der Waals surface area (Å²) in [6.45, 7) is 2.92. The van der Waals surface area contributed by atoms with Crippen LogP contribution >= 0.6 is 11.3 Å². The van der Waals surface area contributed by atoms with Crippen LogP contribution in [0.1, 0.15) is 50.9 Å². The summed E-state index contributed by atoms with van der Waals surface area (Å²) in [6, 6.07) is 7.72. The van der Waals surface area contributed by atoms with E-state index in [0.717, 1.165) is 42.6 Å². The van der Waals surface area contributed by atoms with E-state index in [1.54, 1.807) is 17.0 Å². The number of piperidine rings is 1. The highest BCUT2D eigenvalue weighted by molar-refractivity contribution is 7.15. The smallest absolute Gasteiger partial charge is 0.286 e. The van der Waals surface area contributed by atoms with Crippen LogP contribution in [0.3, 0.4) is 0 Å². The molecule has 2 aliphatic rings. The zero-order valence-corrected chi connectivity index (χ0v) is 17.0. The average Bonchev–Trinajstić information content (AvgIpc) is 3.40. The monoisotopic (exact) mass is 413 g/mol. The topological polar surface area (TPSA) is 104 Å². The molecule has 2 aromatic rings. The number of benzene rings is 1. The van der Waals surface area contributed by atoms with Crippen LogP contribution in [0.2, 0.25) is 0 Å². The average molecular weight is 414 g/mol. The van der Waals surface area contributed by atoms with Crippen molar-refractivity contribution in [1.29, 1.82) is 0 Å². The molecule has 1 atom stereocenters. The minimum atomic E-state index is -0.397. The lowest BCUT2D eigenvalue weighted by Gasteiger charge is -2.31. The molecule has 9 heteroatoms. The van der Waals surface area contributed by atoms with Crippen molar-refractivity contribution in [2.75, 3.05) is 18.4 Å². The number of hydrogen-bond donors (Lipinski definition) is 2. The fourth-order valence-corrected chi connectivity index (χ4v) is 3.99. The van der Waals surface area contributed by atoms with Gasteiger partial charge in [-0.3, -0.25) is 14.4 Å². The molecule has 152 valence electrons. The maximum atomic E-state index is 12.8. The first kappa shape index (κ1) is 19.5. The minimum Gasteiger partial charge on any atom is -0.353 e. The molecule has 8 nitrogen and oxygen atoms in total. The Balaban J connectivity index is 1.37. The van der Waals surface area contributed by atoms with E-state index < -0.39 is 5.91 Å². The number of nitrogens with one attached hydrogen (secondary N) is 2. The van der Waals surface area contributed by atoms with Crippen molar-refractivity contribution in [3.63, 3.8) is 0 Å². The molecule has 2 heterocycles. The summed E-state index contributed by atoms with van der Waals surface area (Å²) < 4.78 is 0. The van der Waals surface area contributed by atoms with E-state index in [9.17, 15) is 14.4 Å². The molecule has 0 bridgehead atoms. The van der Waals surface area contributed by atoms with Gasteiger partial charge in [0.2, 0.25) is 15.9 Å². The van der Waals surface area contributed by atoms with E-state index in [1.165, 1.54) is 0 Å². The van der Waals surface area contributed by atoms with Gasteiger partial charge in [-0.15, -0.1) is 10.2 Å². The SMILES string of the molecule is Cc1ccc(NC(=O)c2nnc(C(=O)N3CCC[C@H](C(=O)NC4CC4)C3)s2)cc1. The summed E-state index contributed by atoms with van der Waals surface area (Å²) in [7, 11) is 0. The van der Waals surface area contributed by atoms with Gasteiger partial charge in [0.25, 0.3) is 11.8 Å². The van der Waals surface area contributed by atoms with Crippen LogP contribution in [0.25, 0.3) is 0 Å². The molecule has 2 N–H and O–H groups in total. The molecule has 1 saturated carbocycles. The largest absolute Gasteiger partial charge is 0.353 e. The van der Waals surface area contributed by atoms with Gasteiger partial charge in [-0.2, -0.15) is 0 Å². The van der Waals surface area contributed by atoms with E-state index in [-0.39, 0.29) is 27.7 Å². The predicted molar refractivity (Wildman–Crippen MR) is 109 cm³/mol. The van der Waals surface area contributed by atoms with Crippen LogP contribution in [0.15, 0.2) is 24.3 Å². The van der Waals surface area contributed by atoms with E-state index >= 15 is 0 Å². The third-order valence-electron chi connectivity index (χ3n) is 5.11. The minimum absolute atomic E-state index is 0.0282. The van der Waals surface area contributed by atoms with Crippen molar-refractivity contribution < 1.29 is 14.4 Å². The van der Waals surface area contributed by atoms with Gasteiger partial charge >= 0.3 is 0 Å². The molecule has 1 aliphatic carbocycles. The molecule has 1 aromatic heterocycles. The highest BCUT2D eigenvalue weighted by Gasteiger charge is 2.33. The Morgan fingerprint density at radius 3 is 2.52 bits per heavy atom. The predicted octanol–water partition coefficient (Wildman–Crippen LogP) is 2.23. The first-order valence-electron chi connectivity index (χ1n) is 9.81. The zero-order chi connectivity index (χ0) is 20.4. The summed E-state index contributed by atoms with van der Waals surface area (Å²) in [5.74, 6) is -0.836. The number of aromatic nitrogens is 2. The van der Waals surface area contributed by atoms with Crippen LogP contribution in [-0.4, -0.2) is 52.0 Å². The fourth-order valence-electron chi connectivity index (χ4n) is 3.28. The molecule has 0 unspecified atom stereocenters. The van der Waals surface area contributed by atoms with Gasteiger partial charge in [-0.05, 0) is 44.7 Å². The molecule has 29 heavy (non-hydrogen) atoms. The lowest BCUT2D eigenvalue weighted by atomic mass is 9.97. The molecule has 3 amide bonds. The Labute approximate surface area is 172 Å². The Kier molecular flexibility index (Phi) is 5.57. The van der Waals surface area contributed by atoms with Gasteiger partial charge in [0.05, 0.1) is 5.92 Å². The van der Waals surface area contributed by atoms with Crippen molar-refractivity contribution in [3.05, 3.63) is 39.8 Å². The van der Waals surface area contributed by atoms with Crippen molar-refractivity contribution in [1.82, 2.24) is 20.4 Å². The summed E-state index contributed by atoms with van der Waals surface area (Å²) in [4.78, 5) is 39.1. The van der Waals surface area contributed by atoms with Crippen LogP contribution in [0.4, 0.5) is 5.69 Å². The first-order chi connectivity index (χ1) is 14.0. The molecule has 2 fully saturated rings. The molecular weight excluding hydrogens is 390 g/mol. The maximum absolute atomic E-state index is 12.8. The van der Waals surface area contributed by atoms with Gasteiger partial charge in [0, 0.05) is 24.8 Å². The summed E-state index contributed by atoms with van der Waals surface area (Å²) >= 11 is 0.969. The lowest BCUT2D eigenvalue weighted by molar-refractivity contribution is -0.126. The lowest BCUT2D eigenvalue weighted by Crippen LogP contribution is -2.45. The number of amides is 3. The normalized spacial score (nSPS) is 18.9. The molecule has 1 saturated heterocycles. The van der Waals surface area contributed by atoms with Crippen molar-refractivity contribution in [2.24, 2.45) is 5.92 Å². The summed E-state index contributed by atoms with van der Waals surface area (Å²) in [6.07, 6.45) is 3.63. The van der Waals surface area contributed by atoms with Gasteiger partial charge in [-0.1, -0.05) is 29.0 Å². The Hall–Kier alpha value is -2.81. The highest BCUT2D eigenvalue weighted by atomic mass is 32.1. The Morgan fingerprint density at radius 1 is 1.07 bits per heavy atom. The second kappa shape index (κ2) is 8.28. The quantitative estimate of drug-likeness (QED) is 0.782. The fraction of sp³-hybridized carbons (Fsp3) is 0.450. The van der Waals surface area contributed by atoms with Crippen molar-refractivity contribution in [2.45, 2.75) is 38.6 Å². The zero-order valence-electron chi connectivity index (χ0n) is 16.2. The van der Waals surface area contributed by atoms with Crippen LogP contribution < -0.4 is 10.6 Å². The van der Waals surface area contributed by atoms with E-state index in [1.807, 2.05) is 19.1 Å². The second-order valence-corrected chi connectivity index (χ2v) is 8.58. The summed E-state index contributed by atoms with van der Waals surface area (Å²) in [5, 5.41) is 13.9. The highest BCUT2D eigenvalue weighted by Crippen LogP contribution is 2.24. The van der Waals surface area contributed by atoms with Crippen LogP contribution in [-0.2, 0) is 4.79 Å². The molecular formula is C20H23N5O3S. The standard InChI is InChI=1S/C20H23N5O3S/c1-12-4-6-14(7-5-12)22-17(27)18-23-24-19(29-18)20(28)25-10-2-3-13(11-25)16(26)21-15-8-9-15/h4-7,13,15H,2-3,8-11H2,1H3,(H,21,26)(H,22,27)/t13-/m0/s1. The molecule has 1 aliphatic heterocycles. The van der Waals surface area contributed by atoms with Gasteiger partial charge < -0.3 is 15.5 Å². The first-order valence-corrected chi connectivity index (χ1v) is 10.6. The Bertz CT molecular complexity index is 922. The van der Waals surface area contributed by atoms with Crippen LogP contribution in [0.5, 0.6) is 0 Å². The third-order valence-corrected chi connectivity index (χ3v) is 6.02. The van der Waals surface area contributed by atoms with E-state index in [0.29, 0.717) is 24.8 Å². The van der Waals surface area contributed by atoms with Gasteiger partial charge in [0.1, 0.15) is 0 Å². The number of carbonyl (C=O) groups excluding carboxylic acids is 3. The van der Waals surface area contributed by atoms with Crippen LogP contribution in [0, 0.1) is 12.8 Å². The Morgan fingerprint density at radius 2 is 1.79 bits per heavy atom. The number of likely N-dealkylation sites (tertiary alicyclic amines) is 1. The van der Waals surface area contributed by atoms with Gasteiger partial charge in [0.15, 0.2) is 0 Å². The number of rotatable bonds is 5. The maximum Gasteiger partial charge on any atom is 0.286 e. The van der Waals surface area contributed by atoms with E-state index in [2.05, 4.69) is 20.8 Å². The second-order valence-electron chi connectivity index (χ2n) is 7.61. The molecule has 0 spiro atoms. The van der Waals surface area contributed by atoms with Crippen molar-refractivity contribution >= 4 is 34.7 Å². The third kappa shape index (κ3) is 4.79. The molecule has 1 aromatic carbocycles. The number of aryl methyl sites for hydroxylation is 1. The summed E-state index contributed by atoms with van der Waals surface area (Å²) in [5.41, 5.74) is 1.75. The van der Waals surface area contributed by atoms with Crippen molar-refractivity contribution in [3.8, 4) is 0 Å². The molecule has 4 rings (SSSR count). The number of nitrogens with zero attached hydrogens (tertiary/aromatic N) is 3. The van der Waals surface area contributed by atoms with Gasteiger partial charge in [-0.25, -0.2) is 0 Å². The number of anilines is 1. The number of hydrogen-bond acceptors (Lipinski definition) is 6. The number of carbonyl (C=O) groups is 3. The van der Waals surface area contributed by atoms with E-state index in [4.69, 9.17) is 0 Å². The molecule has 0 radical (unpaired) electrons.